The Balaban J connectivity index is 1.73. The number of nitrogens with zero attached hydrogens (tertiary/aromatic N) is 3. The molecule has 11 heteroatoms. The zero-order chi connectivity index (χ0) is 26.7. The highest BCUT2D eigenvalue weighted by Crippen LogP contribution is 2.31. The quantitative estimate of drug-likeness (QED) is 0.364. The van der Waals surface area contributed by atoms with Gasteiger partial charge < -0.3 is 10.1 Å². The highest BCUT2D eigenvalue weighted by atomic mass is 32.2. The second-order valence-corrected chi connectivity index (χ2v) is 10.3. The molecular weight excluding hydrogens is 494 g/mol. The number of aromatic nitrogens is 3. The highest BCUT2D eigenvalue weighted by Gasteiger charge is 2.19. The maximum Gasteiger partial charge on any atom is 0.262 e. The summed E-state index contributed by atoms with van der Waals surface area (Å²) in [6, 6.07) is 13.3. The second-order valence-electron chi connectivity index (χ2n) is 8.65. The number of carbonyl (C=O) groups is 1. The topological polar surface area (TPSA) is 132 Å². The van der Waals surface area contributed by atoms with Gasteiger partial charge in [-0.3, -0.25) is 18.9 Å². The first kappa shape index (κ1) is 25.8. The molecule has 0 saturated carbocycles. The van der Waals surface area contributed by atoms with Gasteiger partial charge >= 0.3 is 0 Å². The van der Waals surface area contributed by atoms with Crippen LogP contribution in [0.1, 0.15) is 12.5 Å². The van der Waals surface area contributed by atoms with Crippen molar-refractivity contribution in [1.29, 1.82) is 0 Å². The lowest BCUT2D eigenvalue weighted by atomic mass is 10.0. The lowest BCUT2D eigenvalue weighted by molar-refractivity contribution is -0.124. The zero-order valence-corrected chi connectivity index (χ0v) is 21.7. The highest BCUT2D eigenvalue weighted by molar-refractivity contribution is 7.92. The van der Waals surface area contributed by atoms with Crippen LogP contribution in [0.25, 0.3) is 22.0 Å². The number of benzene rings is 2. The van der Waals surface area contributed by atoms with Gasteiger partial charge in [-0.25, -0.2) is 18.4 Å². The summed E-state index contributed by atoms with van der Waals surface area (Å²) in [5.41, 5.74) is 2.38. The van der Waals surface area contributed by atoms with Crippen LogP contribution in [0.3, 0.4) is 0 Å². The molecule has 0 bridgehead atoms. The zero-order valence-electron chi connectivity index (χ0n) is 20.8. The summed E-state index contributed by atoms with van der Waals surface area (Å²) in [6.07, 6.45) is 2.96. The minimum absolute atomic E-state index is 0.105. The molecule has 0 saturated heterocycles. The average molecular weight is 522 g/mol. The minimum atomic E-state index is -3.90. The molecule has 2 aromatic heterocycles. The van der Waals surface area contributed by atoms with Crippen molar-refractivity contribution in [3.8, 4) is 17.0 Å². The SMILES string of the molecule is CNC(=O)C(C)Cn1cnc2ccc(-c3cnc(OC)c(NS(=O)(=O)c4cccc(C)c4)c3)cc2c1=O. The number of sulfonamides is 1. The number of hydrogen-bond donors (Lipinski definition) is 2. The van der Waals surface area contributed by atoms with Gasteiger partial charge in [-0.1, -0.05) is 25.1 Å². The molecule has 37 heavy (non-hydrogen) atoms. The van der Waals surface area contributed by atoms with Gasteiger partial charge in [0.25, 0.3) is 15.6 Å². The van der Waals surface area contributed by atoms with E-state index in [0.29, 0.717) is 22.0 Å². The van der Waals surface area contributed by atoms with Crippen LogP contribution in [0, 0.1) is 12.8 Å². The molecule has 4 aromatic rings. The van der Waals surface area contributed by atoms with E-state index in [0.717, 1.165) is 5.56 Å². The van der Waals surface area contributed by atoms with E-state index in [1.54, 1.807) is 50.4 Å². The fourth-order valence-electron chi connectivity index (χ4n) is 3.92. The molecule has 1 atom stereocenters. The predicted octanol–water partition coefficient (Wildman–Crippen LogP) is 2.96. The third-order valence-electron chi connectivity index (χ3n) is 5.91. The second kappa shape index (κ2) is 10.4. The maximum atomic E-state index is 13.2. The normalized spacial score (nSPS) is 12.2. The van der Waals surface area contributed by atoms with Crippen LogP contribution in [0.5, 0.6) is 5.88 Å². The van der Waals surface area contributed by atoms with E-state index in [1.807, 2.05) is 13.0 Å². The van der Waals surface area contributed by atoms with Crippen molar-refractivity contribution in [2.75, 3.05) is 18.9 Å². The number of methoxy groups -OCH3 is 1. The number of amides is 1. The largest absolute Gasteiger partial charge is 0.480 e. The van der Waals surface area contributed by atoms with Crippen molar-refractivity contribution >= 4 is 32.5 Å². The summed E-state index contributed by atoms with van der Waals surface area (Å²) in [5.74, 6) is -0.487. The Hall–Kier alpha value is -4.25. The molecule has 0 fully saturated rings. The fourth-order valence-corrected chi connectivity index (χ4v) is 5.08. The summed E-state index contributed by atoms with van der Waals surface area (Å²) in [7, 11) is -0.956. The van der Waals surface area contributed by atoms with Crippen LogP contribution in [0.2, 0.25) is 0 Å². The molecular formula is C26H27N5O5S. The molecule has 0 spiro atoms. The molecule has 2 heterocycles. The Morgan fingerprint density at radius 3 is 2.59 bits per heavy atom. The Kier molecular flexibility index (Phi) is 7.25. The van der Waals surface area contributed by atoms with Gasteiger partial charge in [-0.05, 0) is 48.4 Å². The molecule has 0 radical (unpaired) electrons. The van der Waals surface area contributed by atoms with Crippen LogP contribution in [0.15, 0.2) is 70.7 Å². The molecule has 0 aliphatic carbocycles. The molecule has 1 unspecified atom stereocenters. The number of anilines is 1. The first-order chi connectivity index (χ1) is 17.6. The average Bonchev–Trinajstić information content (AvgIpc) is 2.89. The van der Waals surface area contributed by atoms with Crippen LogP contribution in [0.4, 0.5) is 5.69 Å². The van der Waals surface area contributed by atoms with Crippen LogP contribution in [-0.2, 0) is 21.4 Å². The smallest absolute Gasteiger partial charge is 0.262 e. The Morgan fingerprint density at radius 2 is 1.89 bits per heavy atom. The van der Waals surface area contributed by atoms with Crippen molar-refractivity contribution < 1.29 is 17.9 Å². The van der Waals surface area contributed by atoms with Gasteiger partial charge in [-0.15, -0.1) is 0 Å². The third kappa shape index (κ3) is 5.46. The number of carbonyl (C=O) groups excluding carboxylic acids is 1. The molecule has 2 aromatic carbocycles. The number of hydrogen-bond acceptors (Lipinski definition) is 7. The van der Waals surface area contributed by atoms with E-state index in [4.69, 9.17) is 4.74 Å². The van der Waals surface area contributed by atoms with Gasteiger partial charge in [0.1, 0.15) is 5.69 Å². The first-order valence-electron chi connectivity index (χ1n) is 11.5. The summed E-state index contributed by atoms with van der Waals surface area (Å²) in [4.78, 5) is 33.8. The summed E-state index contributed by atoms with van der Waals surface area (Å²) in [6.45, 7) is 3.72. The van der Waals surface area contributed by atoms with Crippen molar-refractivity contribution in [1.82, 2.24) is 19.9 Å². The molecule has 0 aliphatic rings. The molecule has 0 aliphatic heterocycles. The summed E-state index contributed by atoms with van der Waals surface area (Å²) >= 11 is 0. The molecule has 4 rings (SSSR count). The van der Waals surface area contributed by atoms with E-state index in [-0.39, 0.29) is 34.5 Å². The van der Waals surface area contributed by atoms with Crippen molar-refractivity contribution in [3.63, 3.8) is 0 Å². The summed E-state index contributed by atoms with van der Waals surface area (Å²) in [5, 5.41) is 2.94. The van der Waals surface area contributed by atoms with E-state index in [9.17, 15) is 18.0 Å². The summed E-state index contributed by atoms with van der Waals surface area (Å²) < 4.78 is 35.3. The molecule has 1 amide bonds. The maximum absolute atomic E-state index is 13.2. The molecule has 192 valence electrons. The lowest BCUT2D eigenvalue weighted by Gasteiger charge is -2.14. The van der Waals surface area contributed by atoms with Crippen molar-refractivity contribution in [2.45, 2.75) is 25.3 Å². The Bertz CT molecular complexity index is 1650. The van der Waals surface area contributed by atoms with E-state index in [1.165, 1.54) is 30.3 Å². The number of nitrogens with one attached hydrogen (secondary N) is 2. The van der Waals surface area contributed by atoms with E-state index in [2.05, 4.69) is 20.0 Å². The number of rotatable bonds is 8. The number of ether oxygens (including phenoxy) is 1. The number of fused-ring (bicyclic) bond motifs is 1. The van der Waals surface area contributed by atoms with Gasteiger partial charge in [0.05, 0.1) is 35.2 Å². The van der Waals surface area contributed by atoms with E-state index < -0.39 is 15.9 Å². The van der Waals surface area contributed by atoms with Crippen molar-refractivity contribution in [3.05, 3.63) is 77.0 Å². The third-order valence-corrected chi connectivity index (χ3v) is 7.27. The monoisotopic (exact) mass is 521 g/mol. The lowest BCUT2D eigenvalue weighted by Crippen LogP contribution is -2.32. The standard InChI is InChI=1S/C26H27N5O5S/c1-16-6-5-7-20(10-16)37(34,35)30-23-12-19(13-28-25(23)36-4)18-8-9-22-21(11-18)26(33)31(15-29-22)14-17(2)24(32)27-3/h5-13,15,17,30H,14H2,1-4H3,(H,27,32). The van der Waals surface area contributed by atoms with Gasteiger partial charge in [0.2, 0.25) is 11.8 Å². The Morgan fingerprint density at radius 1 is 1.11 bits per heavy atom. The minimum Gasteiger partial charge on any atom is -0.480 e. The van der Waals surface area contributed by atoms with Crippen molar-refractivity contribution in [2.24, 2.45) is 5.92 Å². The van der Waals surface area contributed by atoms with Crippen LogP contribution in [-0.4, -0.2) is 43.0 Å². The van der Waals surface area contributed by atoms with E-state index >= 15 is 0 Å². The first-order valence-corrected chi connectivity index (χ1v) is 13.0. The molecule has 10 nitrogen and oxygen atoms in total. The fraction of sp³-hybridized carbons (Fsp3) is 0.231. The number of aryl methyl sites for hydroxylation is 1. The predicted molar refractivity (Wildman–Crippen MR) is 141 cm³/mol. The van der Waals surface area contributed by atoms with Gasteiger partial charge in [-0.2, -0.15) is 0 Å². The molecule has 2 N–H and O–H groups in total. The van der Waals surface area contributed by atoms with Gasteiger partial charge in [0.15, 0.2) is 0 Å². The van der Waals surface area contributed by atoms with Crippen LogP contribution >= 0.6 is 0 Å². The Labute approximate surface area is 214 Å². The van der Waals surface area contributed by atoms with Crippen LogP contribution < -0.4 is 20.3 Å². The number of pyridine rings is 1. The van der Waals surface area contributed by atoms with Gasteiger partial charge in [0, 0.05) is 25.4 Å².